The van der Waals surface area contributed by atoms with E-state index in [-0.39, 0.29) is 0 Å². The lowest BCUT2D eigenvalue weighted by atomic mass is 10.3. The molecule has 1 aliphatic rings. The van der Waals surface area contributed by atoms with Gasteiger partial charge in [-0.1, -0.05) is 0 Å². The maximum Gasteiger partial charge on any atom is 0.128 e. The van der Waals surface area contributed by atoms with Gasteiger partial charge in [0.25, 0.3) is 0 Å². The van der Waals surface area contributed by atoms with Gasteiger partial charge < -0.3 is 4.90 Å². The summed E-state index contributed by atoms with van der Waals surface area (Å²) in [6.45, 7) is 3.76. The molecule has 1 aliphatic heterocycles. The van der Waals surface area contributed by atoms with Crippen molar-refractivity contribution >= 4 is 5.82 Å². The molecule has 0 bridgehead atoms. The van der Waals surface area contributed by atoms with Gasteiger partial charge in [-0.15, -0.1) is 0 Å². The normalized spacial score (nSPS) is 16.9. The fourth-order valence-electron chi connectivity index (χ4n) is 1.66. The molecule has 4 heteroatoms. The summed E-state index contributed by atoms with van der Waals surface area (Å²) in [5.41, 5.74) is 0.609. The zero-order valence-corrected chi connectivity index (χ0v) is 8.56. The Morgan fingerprint density at radius 1 is 1.27 bits per heavy atom. The average molecular weight is 201 g/mol. The lowest BCUT2D eigenvalue weighted by Crippen LogP contribution is -2.27. The first-order valence-electron chi connectivity index (χ1n) is 5.14. The fraction of sp³-hybridized carbons (Fsp3) is 0.455. The summed E-state index contributed by atoms with van der Waals surface area (Å²) < 4.78 is 0. The van der Waals surface area contributed by atoms with Gasteiger partial charge in [-0.05, 0) is 18.6 Å². The minimum absolute atomic E-state index is 0.609. The molecule has 0 unspecified atom stereocenters. The van der Waals surface area contributed by atoms with Crippen LogP contribution >= 0.6 is 0 Å². The van der Waals surface area contributed by atoms with E-state index in [1.165, 1.54) is 0 Å². The van der Waals surface area contributed by atoms with Crippen LogP contribution in [0.3, 0.4) is 0 Å². The van der Waals surface area contributed by atoms with Crippen molar-refractivity contribution in [3.63, 3.8) is 0 Å². The Morgan fingerprint density at radius 3 is 2.93 bits per heavy atom. The zero-order chi connectivity index (χ0) is 10.5. The molecule has 1 fully saturated rings. The van der Waals surface area contributed by atoms with E-state index >= 15 is 0 Å². The molecular formula is C11H13N4. The lowest BCUT2D eigenvalue weighted by molar-refractivity contribution is 0.709. The smallest absolute Gasteiger partial charge is 0.128 e. The van der Waals surface area contributed by atoms with E-state index in [2.05, 4.69) is 21.3 Å². The van der Waals surface area contributed by atoms with E-state index in [0.29, 0.717) is 5.56 Å². The van der Waals surface area contributed by atoms with Crippen LogP contribution in [0, 0.1) is 11.3 Å². The molecule has 0 atom stereocenters. The molecule has 0 aliphatic carbocycles. The summed E-state index contributed by atoms with van der Waals surface area (Å²) in [7, 11) is 0. The van der Waals surface area contributed by atoms with Crippen LogP contribution in [0.1, 0.15) is 12.0 Å². The number of pyridine rings is 1. The number of rotatable bonds is 1. The van der Waals surface area contributed by atoms with Crippen LogP contribution in [0.25, 0.3) is 0 Å². The quantitative estimate of drug-likeness (QED) is 0.674. The Bertz CT molecular complexity index is 344. The first-order chi connectivity index (χ1) is 7.40. The summed E-state index contributed by atoms with van der Waals surface area (Å²) in [6, 6.07) is 5.79. The van der Waals surface area contributed by atoms with Crippen LogP contribution in [0.2, 0.25) is 0 Å². The monoisotopic (exact) mass is 201 g/mol. The fourth-order valence-corrected chi connectivity index (χ4v) is 1.66. The van der Waals surface area contributed by atoms with Crippen molar-refractivity contribution in [1.82, 2.24) is 10.3 Å². The summed E-state index contributed by atoms with van der Waals surface area (Å²) in [4.78, 5) is 6.50. The second kappa shape index (κ2) is 4.76. The number of aromatic nitrogens is 1. The molecule has 0 aromatic carbocycles. The molecule has 1 aromatic rings. The third-order valence-electron chi connectivity index (χ3n) is 2.47. The number of nitrogens with zero attached hydrogens (tertiary/aromatic N) is 4. The van der Waals surface area contributed by atoms with Crippen molar-refractivity contribution in [2.24, 2.45) is 0 Å². The van der Waals surface area contributed by atoms with Crippen molar-refractivity contribution in [3.05, 3.63) is 23.9 Å². The Morgan fingerprint density at radius 2 is 2.20 bits per heavy atom. The maximum atomic E-state index is 8.67. The molecule has 1 saturated heterocycles. The van der Waals surface area contributed by atoms with Crippen LogP contribution in [-0.2, 0) is 0 Å². The highest BCUT2D eigenvalue weighted by Gasteiger charge is 2.10. The number of hydrogen-bond donors (Lipinski definition) is 0. The number of nitriles is 1. The van der Waals surface area contributed by atoms with Gasteiger partial charge in [0.2, 0.25) is 0 Å². The number of hydrogen-bond acceptors (Lipinski definition) is 3. The molecule has 1 aromatic heterocycles. The van der Waals surface area contributed by atoms with Gasteiger partial charge in [-0.3, -0.25) is 0 Å². The van der Waals surface area contributed by atoms with Crippen LogP contribution in [0.5, 0.6) is 0 Å². The maximum absolute atomic E-state index is 8.67. The van der Waals surface area contributed by atoms with E-state index < -0.39 is 0 Å². The molecule has 2 rings (SSSR count). The van der Waals surface area contributed by atoms with E-state index in [1.807, 2.05) is 12.1 Å². The third kappa shape index (κ3) is 2.45. The van der Waals surface area contributed by atoms with Crippen molar-refractivity contribution in [2.45, 2.75) is 6.42 Å². The summed E-state index contributed by atoms with van der Waals surface area (Å²) in [5.74, 6) is 0.950. The number of anilines is 1. The Hall–Kier alpha value is -1.60. The SMILES string of the molecule is N#Cc1ccc(N2CCC[N]CC2)nc1. The predicted octanol–water partition coefficient (Wildman–Crippen LogP) is 0.768. The highest BCUT2D eigenvalue weighted by molar-refractivity contribution is 5.41. The van der Waals surface area contributed by atoms with Gasteiger partial charge in [0.1, 0.15) is 11.9 Å². The predicted molar refractivity (Wildman–Crippen MR) is 57.7 cm³/mol. The highest BCUT2D eigenvalue weighted by Crippen LogP contribution is 2.12. The van der Waals surface area contributed by atoms with Gasteiger partial charge in [-0.2, -0.15) is 5.26 Å². The Kier molecular flexibility index (Phi) is 3.15. The van der Waals surface area contributed by atoms with Gasteiger partial charge in [0, 0.05) is 32.4 Å². The van der Waals surface area contributed by atoms with Crippen molar-refractivity contribution < 1.29 is 0 Å². The van der Waals surface area contributed by atoms with Crippen LogP contribution < -0.4 is 10.2 Å². The standard InChI is InChI=1S/C11H13N4/c12-8-10-2-3-11(14-9-10)15-6-1-4-13-5-7-15/h2-3,9H,1,4-7H2. The summed E-state index contributed by atoms with van der Waals surface area (Å²) in [5, 5.41) is 13.0. The largest absolute Gasteiger partial charge is 0.355 e. The average Bonchev–Trinajstić information content (AvgIpc) is 2.58. The molecule has 0 amide bonds. The van der Waals surface area contributed by atoms with Crippen molar-refractivity contribution in [3.8, 4) is 6.07 Å². The molecule has 15 heavy (non-hydrogen) atoms. The van der Waals surface area contributed by atoms with Gasteiger partial charge >= 0.3 is 0 Å². The van der Waals surface area contributed by atoms with Crippen LogP contribution in [0.15, 0.2) is 18.3 Å². The highest BCUT2D eigenvalue weighted by atomic mass is 15.2. The molecular weight excluding hydrogens is 188 g/mol. The Labute approximate surface area is 89.5 Å². The molecule has 0 N–H and O–H groups in total. The molecule has 77 valence electrons. The lowest BCUT2D eigenvalue weighted by Gasteiger charge is -2.20. The summed E-state index contributed by atoms with van der Waals surface area (Å²) >= 11 is 0. The van der Waals surface area contributed by atoms with E-state index in [4.69, 9.17) is 5.26 Å². The topological polar surface area (TPSA) is 54.0 Å². The van der Waals surface area contributed by atoms with Crippen molar-refractivity contribution in [1.29, 1.82) is 5.26 Å². The molecule has 4 nitrogen and oxygen atoms in total. The minimum atomic E-state index is 0.609. The third-order valence-corrected chi connectivity index (χ3v) is 2.47. The first kappa shape index (κ1) is 9.94. The molecule has 0 spiro atoms. The van der Waals surface area contributed by atoms with Gasteiger partial charge in [0.05, 0.1) is 5.56 Å². The second-order valence-corrected chi connectivity index (χ2v) is 3.53. The second-order valence-electron chi connectivity index (χ2n) is 3.53. The van der Waals surface area contributed by atoms with E-state index in [9.17, 15) is 0 Å². The Balaban J connectivity index is 2.10. The van der Waals surface area contributed by atoms with Crippen LogP contribution in [0.4, 0.5) is 5.82 Å². The first-order valence-corrected chi connectivity index (χ1v) is 5.14. The van der Waals surface area contributed by atoms with Crippen molar-refractivity contribution in [2.75, 3.05) is 31.1 Å². The molecule has 0 saturated carbocycles. The minimum Gasteiger partial charge on any atom is -0.355 e. The van der Waals surface area contributed by atoms with Crippen LogP contribution in [-0.4, -0.2) is 31.2 Å². The van der Waals surface area contributed by atoms with Gasteiger partial charge in [-0.25, -0.2) is 10.3 Å². The zero-order valence-electron chi connectivity index (χ0n) is 8.56. The molecule has 2 heterocycles. The molecule has 1 radical (unpaired) electrons. The van der Waals surface area contributed by atoms with E-state index in [0.717, 1.165) is 38.4 Å². The van der Waals surface area contributed by atoms with Gasteiger partial charge in [0.15, 0.2) is 0 Å². The summed E-state index contributed by atoms with van der Waals surface area (Å²) in [6.07, 6.45) is 2.71. The van der Waals surface area contributed by atoms with E-state index in [1.54, 1.807) is 6.20 Å².